The zero-order valence-corrected chi connectivity index (χ0v) is 64.1. The average molecular weight is 1400 g/mol. The highest BCUT2D eigenvalue weighted by Gasteiger charge is 2.30. The molecule has 0 aliphatic heterocycles. The molecule has 0 bridgehead atoms. The number of hydrogen-bond donors (Lipinski definition) is 3. The Morgan fingerprint density at radius 3 is 0.747 bits per heavy atom. The lowest BCUT2D eigenvalue weighted by Crippen LogP contribution is -2.30. The molecular weight excluding hydrogens is 1250 g/mol. The third kappa shape index (κ3) is 69.0. The third-order valence-corrected chi connectivity index (χ3v) is 19.8. The first-order chi connectivity index (χ1) is 45.6. The van der Waals surface area contributed by atoms with E-state index in [9.17, 15) is 43.2 Å². The normalized spacial score (nSPS) is 14.4. The maximum absolute atomic E-state index is 13.1. The molecule has 0 aliphatic rings. The van der Waals surface area contributed by atoms with Crippen LogP contribution in [-0.2, 0) is 65.4 Å². The molecule has 0 amide bonds. The van der Waals surface area contributed by atoms with Crippen LogP contribution in [0, 0.1) is 23.7 Å². The summed E-state index contributed by atoms with van der Waals surface area (Å²) in [4.78, 5) is 72.8. The van der Waals surface area contributed by atoms with Gasteiger partial charge in [-0.2, -0.15) is 0 Å². The van der Waals surface area contributed by atoms with E-state index in [1.807, 2.05) is 0 Å². The van der Waals surface area contributed by atoms with Gasteiger partial charge in [0.05, 0.1) is 26.4 Å². The SMILES string of the molecule is CCC(C)CCCCCCCCCCCCCCCCC(=O)OC[C@H](COP(=O)(O)OCC(O)COP(=O)(O)OC[C@@H](COC(=O)CCCCCCCCCCC(C)C)OC(=O)CCCCCCCCCCC(C)C)OC(=O)CCCCCCCCCCCCCCC(C)C. The van der Waals surface area contributed by atoms with Gasteiger partial charge in [-0.25, -0.2) is 9.13 Å². The number of ether oxygens (including phenoxy) is 4. The molecule has 0 saturated carbocycles. The Kier molecular flexibility index (Phi) is 64.0. The van der Waals surface area contributed by atoms with Crippen molar-refractivity contribution in [2.24, 2.45) is 23.7 Å². The molecule has 0 aromatic heterocycles. The van der Waals surface area contributed by atoms with Crippen molar-refractivity contribution in [1.29, 1.82) is 0 Å². The Hall–Kier alpha value is -1.94. The van der Waals surface area contributed by atoms with Crippen molar-refractivity contribution in [3.05, 3.63) is 0 Å². The van der Waals surface area contributed by atoms with E-state index in [0.29, 0.717) is 25.7 Å². The Labute approximate surface area is 581 Å². The van der Waals surface area contributed by atoms with Crippen LogP contribution in [0.2, 0.25) is 0 Å². The Morgan fingerprint density at radius 2 is 0.505 bits per heavy atom. The molecular formula is C76H148O17P2. The first-order valence-corrected chi connectivity index (χ1v) is 42.2. The first kappa shape index (κ1) is 93.1. The quantitative estimate of drug-likeness (QED) is 0.0222. The van der Waals surface area contributed by atoms with Crippen LogP contribution in [0.5, 0.6) is 0 Å². The predicted molar refractivity (Wildman–Crippen MR) is 386 cm³/mol. The second-order valence-corrected chi connectivity index (χ2v) is 32.0. The molecule has 0 aliphatic carbocycles. The summed E-state index contributed by atoms with van der Waals surface area (Å²) in [6.45, 7) is 14.2. The van der Waals surface area contributed by atoms with Gasteiger partial charge < -0.3 is 33.8 Å². The number of aliphatic hydroxyl groups is 1. The summed E-state index contributed by atoms with van der Waals surface area (Å²) in [5, 5.41) is 10.6. The number of rotatable bonds is 73. The number of carbonyl (C=O) groups excluding carboxylic acids is 4. The Balaban J connectivity index is 5.24. The van der Waals surface area contributed by atoms with Gasteiger partial charge in [-0.1, -0.05) is 331 Å². The number of unbranched alkanes of at least 4 members (excludes halogenated alkanes) is 38. The molecule has 0 aromatic carbocycles. The zero-order chi connectivity index (χ0) is 70.3. The lowest BCUT2D eigenvalue weighted by molar-refractivity contribution is -0.161. The van der Waals surface area contributed by atoms with Crippen LogP contribution in [0.15, 0.2) is 0 Å². The minimum atomic E-state index is -4.96. The van der Waals surface area contributed by atoms with E-state index in [1.165, 1.54) is 186 Å². The first-order valence-electron chi connectivity index (χ1n) is 39.2. The summed E-state index contributed by atoms with van der Waals surface area (Å²) in [6, 6.07) is 0. The van der Waals surface area contributed by atoms with Gasteiger partial charge in [0.1, 0.15) is 19.3 Å². The molecule has 0 spiro atoms. The minimum absolute atomic E-state index is 0.104. The number of carbonyl (C=O) groups is 4. The molecule has 6 atom stereocenters. The van der Waals surface area contributed by atoms with E-state index in [-0.39, 0.29) is 25.7 Å². The number of hydrogen-bond acceptors (Lipinski definition) is 15. The van der Waals surface area contributed by atoms with Gasteiger partial charge in [0, 0.05) is 25.7 Å². The van der Waals surface area contributed by atoms with E-state index in [4.69, 9.17) is 37.0 Å². The van der Waals surface area contributed by atoms with Crippen LogP contribution in [0.25, 0.3) is 0 Å². The maximum Gasteiger partial charge on any atom is 0.472 e. The molecule has 0 radical (unpaired) electrons. The summed E-state index contributed by atoms with van der Waals surface area (Å²) in [5.41, 5.74) is 0. The van der Waals surface area contributed by atoms with Gasteiger partial charge in [0.25, 0.3) is 0 Å². The second kappa shape index (κ2) is 65.4. The van der Waals surface area contributed by atoms with Crippen LogP contribution in [0.4, 0.5) is 0 Å². The standard InChI is InChI=1S/C76H148O17P2/c1-9-69(8)55-47-39-31-21-17-12-10-11-13-18-22-32-40-48-56-73(78)86-62-71(92-75(80)58-50-42-34-23-19-15-14-16-20-28-36-44-52-66(2)3)64-90-94(82,83)88-60-70(77)61-89-95(84,85)91-65-72(93-76(81)59-51-43-35-27-25-30-38-46-54-68(6)7)63-87-74(79)57-49-41-33-26-24-29-37-45-53-67(4)5/h66-72,77H,9-65H2,1-8H3,(H,82,83)(H,84,85)/t69?,70?,71-,72-/m1/s1. The topological polar surface area (TPSA) is 237 Å². The van der Waals surface area contributed by atoms with Crippen LogP contribution < -0.4 is 0 Å². The third-order valence-electron chi connectivity index (χ3n) is 17.9. The van der Waals surface area contributed by atoms with Gasteiger partial charge in [-0.05, 0) is 49.4 Å². The fourth-order valence-corrected chi connectivity index (χ4v) is 13.1. The number of esters is 4. The molecule has 0 saturated heterocycles. The van der Waals surface area contributed by atoms with E-state index in [0.717, 1.165) is 114 Å². The maximum atomic E-state index is 13.1. The summed E-state index contributed by atoms with van der Waals surface area (Å²) in [6.07, 6.45) is 50.0. The van der Waals surface area contributed by atoms with Crippen molar-refractivity contribution in [2.75, 3.05) is 39.6 Å². The summed E-state index contributed by atoms with van der Waals surface area (Å²) in [7, 11) is -9.91. The molecule has 0 fully saturated rings. The van der Waals surface area contributed by atoms with Crippen molar-refractivity contribution in [1.82, 2.24) is 0 Å². The van der Waals surface area contributed by atoms with Crippen molar-refractivity contribution < 1.29 is 80.2 Å². The second-order valence-electron chi connectivity index (χ2n) is 29.1. The Morgan fingerprint density at radius 1 is 0.295 bits per heavy atom. The molecule has 0 heterocycles. The van der Waals surface area contributed by atoms with Crippen molar-refractivity contribution in [3.63, 3.8) is 0 Å². The van der Waals surface area contributed by atoms with Crippen molar-refractivity contribution in [2.45, 2.75) is 401 Å². The van der Waals surface area contributed by atoms with Gasteiger partial charge in [0.15, 0.2) is 12.2 Å². The van der Waals surface area contributed by atoms with E-state index in [1.54, 1.807) is 0 Å². The highest BCUT2D eigenvalue weighted by Crippen LogP contribution is 2.45. The lowest BCUT2D eigenvalue weighted by Gasteiger charge is -2.21. The number of phosphoric acid groups is 2. The molecule has 564 valence electrons. The van der Waals surface area contributed by atoms with Gasteiger partial charge in [0.2, 0.25) is 0 Å². The monoisotopic (exact) mass is 1400 g/mol. The van der Waals surface area contributed by atoms with Crippen LogP contribution in [0.1, 0.15) is 383 Å². The molecule has 95 heavy (non-hydrogen) atoms. The lowest BCUT2D eigenvalue weighted by atomic mass is 9.99. The largest absolute Gasteiger partial charge is 0.472 e. The van der Waals surface area contributed by atoms with E-state index < -0.39 is 97.5 Å². The number of aliphatic hydroxyl groups excluding tert-OH is 1. The molecule has 0 aromatic rings. The number of phosphoric ester groups is 2. The van der Waals surface area contributed by atoms with Gasteiger partial charge in [-0.15, -0.1) is 0 Å². The molecule has 4 unspecified atom stereocenters. The smallest absolute Gasteiger partial charge is 0.462 e. The summed E-state index contributed by atoms with van der Waals surface area (Å²) >= 11 is 0. The van der Waals surface area contributed by atoms with E-state index >= 15 is 0 Å². The molecule has 17 nitrogen and oxygen atoms in total. The Bertz CT molecular complexity index is 1870. The summed E-state index contributed by atoms with van der Waals surface area (Å²) < 4.78 is 68.5. The van der Waals surface area contributed by atoms with Gasteiger partial charge in [-0.3, -0.25) is 37.3 Å². The van der Waals surface area contributed by atoms with Crippen LogP contribution in [-0.4, -0.2) is 96.7 Å². The highest BCUT2D eigenvalue weighted by atomic mass is 31.2. The summed E-state index contributed by atoms with van der Waals surface area (Å²) in [5.74, 6) is 0.949. The van der Waals surface area contributed by atoms with Gasteiger partial charge >= 0.3 is 39.5 Å². The molecule has 3 N–H and O–H groups in total. The minimum Gasteiger partial charge on any atom is -0.462 e. The molecule has 0 rings (SSSR count). The fourth-order valence-electron chi connectivity index (χ4n) is 11.5. The van der Waals surface area contributed by atoms with Crippen molar-refractivity contribution >= 4 is 39.5 Å². The predicted octanol–water partition coefficient (Wildman–Crippen LogP) is 22.0. The average Bonchev–Trinajstić information content (AvgIpc) is 1.35. The van der Waals surface area contributed by atoms with E-state index in [2.05, 4.69) is 55.4 Å². The zero-order valence-electron chi connectivity index (χ0n) is 62.3. The van der Waals surface area contributed by atoms with Crippen molar-refractivity contribution in [3.8, 4) is 0 Å². The molecule has 19 heteroatoms. The highest BCUT2D eigenvalue weighted by molar-refractivity contribution is 7.47. The van der Waals surface area contributed by atoms with Crippen LogP contribution >= 0.6 is 15.6 Å². The fraction of sp³-hybridized carbons (Fsp3) is 0.947. The van der Waals surface area contributed by atoms with Crippen LogP contribution in [0.3, 0.4) is 0 Å².